The highest BCUT2D eigenvalue weighted by atomic mass is 16.2. The molecule has 6 heteroatoms. The van der Waals surface area contributed by atoms with E-state index in [-0.39, 0.29) is 5.91 Å². The summed E-state index contributed by atoms with van der Waals surface area (Å²) in [5.74, 6) is 1.16. The minimum absolute atomic E-state index is 0.202. The number of hydrogen-bond donors (Lipinski definition) is 1. The molecule has 6 nitrogen and oxygen atoms in total. The van der Waals surface area contributed by atoms with Crippen molar-refractivity contribution in [1.29, 1.82) is 0 Å². The molecule has 2 rings (SSSR count). The highest BCUT2D eigenvalue weighted by Gasteiger charge is 2.23. The molecule has 2 saturated heterocycles. The van der Waals surface area contributed by atoms with Gasteiger partial charge in [0.15, 0.2) is 0 Å². The molecule has 0 aromatic rings. The van der Waals surface area contributed by atoms with Gasteiger partial charge in [-0.1, -0.05) is 0 Å². The molecule has 0 spiro atoms. The number of nitrogens with zero attached hydrogens (tertiary/aromatic N) is 3. The third kappa shape index (κ3) is 5.74. The number of nitrogens with one attached hydrogen (secondary N) is 1. The van der Waals surface area contributed by atoms with Crippen molar-refractivity contribution >= 4 is 11.8 Å². The van der Waals surface area contributed by atoms with Crippen molar-refractivity contribution in [1.82, 2.24) is 20.0 Å². The summed E-state index contributed by atoms with van der Waals surface area (Å²) in [6, 6.07) is 0. The Labute approximate surface area is 146 Å². The maximum absolute atomic E-state index is 12.4. The minimum Gasteiger partial charge on any atom is -0.342 e. The van der Waals surface area contributed by atoms with Crippen molar-refractivity contribution in [3.8, 4) is 0 Å². The van der Waals surface area contributed by atoms with Gasteiger partial charge in [-0.3, -0.25) is 14.5 Å². The first-order valence-electron chi connectivity index (χ1n) is 9.62. The fraction of sp³-hybridized carbons (Fsp3) is 0.889. The zero-order valence-electron chi connectivity index (χ0n) is 15.4. The predicted octanol–water partition coefficient (Wildman–Crippen LogP) is 0.779. The van der Waals surface area contributed by atoms with Gasteiger partial charge in [0, 0.05) is 45.7 Å². The van der Waals surface area contributed by atoms with Crippen LogP contribution in [0.15, 0.2) is 0 Å². The average molecular weight is 338 g/mol. The molecule has 2 amide bonds. The summed E-state index contributed by atoms with van der Waals surface area (Å²) >= 11 is 0. The number of amides is 2. The first-order valence-corrected chi connectivity index (χ1v) is 9.62. The lowest BCUT2D eigenvalue weighted by Gasteiger charge is -2.25. The second-order valence-corrected chi connectivity index (χ2v) is 6.97. The van der Waals surface area contributed by atoms with Crippen LogP contribution in [-0.4, -0.2) is 85.4 Å². The Balaban J connectivity index is 1.73. The normalized spacial score (nSPS) is 22.4. The molecule has 24 heavy (non-hydrogen) atoms. The van der Waals surface area contributed by atoms with Crippen LogP contribution in [0.4, 0.5) is 0 Å². The van der Waals surface area contributed by atoms with Gasteiger partial charge in [0.2, 0.25) is 11.8 Å². The van der Waals surface area contributed by atoms with Crippen LogP contribution >= 0.6 is 0 Å². The fourth-order valence-electron chi connectivity index (χ4n) is 3.69. The summed E-state index contributed by atoms with van der Waals surface area (Å²) in [6.07, 6.45) is 3.84. The summed E-state index contributed by atoms with van der Waals surface area (Å²) in [5, 5.41) is 3.36. The molecule has 0 radical (unpaired) electrons. The van der Waals surface area contributed by atoms with Crippen molar-refractivity contribution < 1.29 is 9.59 Å². The Bertz CT molecular complexity index is 406. The van der Waals surface area contributed by atoms with E-state index in [9.17, 15) is 9.59 Å². The van der Waals surface area contributed by atoms with Crippen molar-refractivity contribution in [3.63, 3.8) is 0 Å². The van der Waals surface area contributed by atoms with Crippen LogP contribution in [0, 0.1) is 5.92 Å². The molecule has 1 unspecified atom stereocenters. The Morgan fingerprint density at radius 2 is 1.92 bits per heavy atom. The van der Waals surface area contributed by atoms with E-state index < -0.39 is 0 Å². The molecular weight excluding hydrogens is 304 g/mol. The van der Waals surface area contributed by atoms with E-state index in [0.29, 0.717) is 24.8 Å². The highest BCUT2D eigenvalue weighted by molar-refractivity contribution is 5.78. The van der Waals surface area contributed by atoms with Gasteiger partial charge < -0.3 is 15.1 Å². The van der Waals surface area contributed by atoms with Gasteiger partial charge in [0.25, 0.3) is 0 Å². The Hall–Kier alpha value is -1.14. The molecule has 2 aliphatic rings. The van der Waals surface area contributed by atoms with E-state index in [4.69, 9.17) is 0 Å². The number of carbonyl (C=O) groups excluding carboxylic acids is 2. The topological polar surface area (TPSA) is 55.9 Å². The van der Waals surface area contributed by atoms with E-state index >= 15 is 0 Å². The number of carbonyl (C=O) groups is 2. The second kappa shape index (κ2) is 9.99. The van der Waals surface area contributed by atoms with Gasteiger partial charge in [-0.05, 0) is 52.1 Å². The third-order valence-corrected chi connectivity index (χ3v) is 5.35. The lowest BCUT2D eigenvalue weighted by atomic mass is 10.0. The van der Waals surface area contributed by atoms with Crippen molar-refractivity contribution in [3.05, 3.63) is 0 Å². The third-order valence-electron chi connectivity index (χ3n) is 5.35. The molecule has 2 aliphatic heterocycles. The largest absolute Gasteiger partial charge is 0.342 e. The lowest BCUT2D eigenvalue weighted by Crippen LogP contribution is -2.42. The maximum atomic E-state index is 12.4. The zero-order chi connectivity index (χ0) is 17.4. The van der Waals surface area contributed by atoms with Crippen LogP contribution in [0.25, 0.3) is 0 Å². The summed E-state index contributed by atoms with van der Waals surface area (Å²) in [4.78, 5) is 30.8. The zero-order valence-corrected chi connectivity index (χ0v) is 15.4. The van der Waals surface area contributed by atoms with Crippen LogP contribution in [0.2, 0.25) is 0 Å². The molecule has 2 heterocycles. The SMILES string of the molecule is CCN(CC)C(=O)CN1CCCN(C(=O)CCC2CCNC2)CC1. The molecule has 0 saturated carbocycles. The van der Waals surface area contributed by atoms with E-state index in [0.717, 1.165) is 65.2 Å². The van der Waals surface area contributed by atoms with Crippen molar-refractivity contribution in [2.45, 2.75) is 39.5 Å². The highest BCUT2D eigenvalue weighted by Crippen LogP contribution is 2.16. The van der Waals surface area contributed by atoms with Gasteiger partial charge in [-0.25, -0.2) is 0 Å². The predicted molar refractivity (Wildman–Crippen MR) is 95.8 cm³/mol. The molecule has 1 atom stereocenters. The Morgan fingerprint density at radius 3 is 2.58 bits per heavy atom. The number of rotatable bonds is 7. The lowest BCUT2D eigenvalue weighted by molar-refractivity contribution is -0.132. The van der Waals surface area contributed by atoms with Crippen LogP contribution in [0.1, 0.15) is 39.5 Å². The number of hydrogen-bond acceptors (Lipinski definition) is 4. The van der Waals surface area contributed by atoms with E-state index in [1.165, 1.54) is 6.42 Å². The van der Waals surface area contributed by atoms with E-state index in [2.05, 4.69) is 10.2 Å². The van der Waals surface area contributed by atoms with Gasteiger partial charge in [-0.2, -0.15) is 0 Å². The summed E-state index contributed by atoms with van der Waals surface area (Å²) in [7, 11) is 0. The summed E-state index contributed by atoms with van der Waals surface area (Å²) in [5.41, 5.74) is 0. The second-order valence-electron chi connectivity index (χ2n) is 6.97. The van der Waals surface area contributed by atoms with E-state index in [1.54, 1.807) is 0 Å². The van der Waals surface area contributed by atoms with Gasteiger partial charge in [0.1, 0.15) is 0 Å². The summed E-state index contributed by atoms with van der Waals surface area (Å²) < 4.78 is 0. The number of likely N-dealkylation sites (N-methyl/N-ethyl adjacent to an activating group) is 1. The van der Waals surface area contributed by atoms with Crippen molar-refractivity contribution in [2.24, 2.45) is 5.92 Å². The maximum Gasteiger partial charge on any atom is 0.236 e. The van der Waals surface area contributed by atoms with E-state index in [1.807, 2.05) is 23.6 Å². The smallest absolute Gasteiger partial charge is 0.236 e. The Kier molecular flexibility index (Phi) is 7.99. The minimum atomic E-state index is 0.202. The quantitative estimate of drug-likeness (QED) is 0.745. The molecule has 0 bridgehead atoms. The fourth-order valence-corrected chi connectivity index (χ4v) is 3.69. The van der Waals surface area contributed by atoms with Crippen LogP contribution < -0.4 is 5.32 Å². The Morgan fingerprint density at radius 1 is 1.12 bits per heavy atom. The molecule has 0 aromatic heterocycles. The molecule has 0 aromatic carbocycles. The monoisotopic (exact) mass is 338 g/mol. The molecular formula is C18H34N4O2. The first kappa shape index (κ1) is 19.2. The van der Waals surface area contributed by atoms with Gasteiger partial charge >= 0.3 is 0 Å². The van der Waals surface area contributed by atoms with Crippen molar-refractivity contribution in [2.75, 3.05) is 58.9 Å². The standard InChI is InChI=1S/C18H34N4O2/c1-3-21(4-2)18(24)15-20-10-5-11-22(13-12-20)17(23)7-6-16-8-9-19-14-16/h16,19H,3-15H2,1-2H3. The summed E-state index contributed by atoms with van der Waals surface area (Å²) in [6.45, 7) is 11.5. The average Bonchev–Trinajstić information content (AvgIpc) is 2.99. The van der Waals surface area contributed by atoms with Crippen LogP contribution in [0.3, 0.4) is 0 Å². The van der Waals surface area contributed by atoms with Crippen LogP contribution in [-0.2, 0) is 9.59 Å². The van der Waals surface area contributed by atoms with Gasteiger partial charge in [0.05, 0.1) is 6.54 Å². The first-order chi connectivity index (χ1) is 11.6. The molecule has 138 valence electrons. The molecule has 0 aliphatic carbocycles. The van der Waals surface area contributed by atoms with Gasteiger partial charge in [-0.15, -0.1) is 0 Å². The molecule has 1 N–H and O–H groups in total. The van der Waals surface area contributed by atoms with Crippen LogP contribution in [0.5, 0.6) is 0 Å². The molecule has 2 fully saturated rings.